The van der Waals surface area contributed by atoms with Crippen LogP contribution in [0.2, 0.25) is 0 Å². The molecule has 2 aliphatic heterocycles. The third-order valence-corrected chi connectivity index (χ3v) is 7.82. The van der Waals surface area contributed by atoms with E-state index in [0.717, 1.165) is 44.8 Å². The Balaban J connectivity index is 1.07. The molecule has 2 fully saturated rings. The van der Waals surface area contributed by atoms with E-state index in [9.17, 15) is 9.59 Å². The first-order valence-corrected chi connectivity index (χ1v) is 12.9. The maximum atomic E-state index is 13.3. The molecular formula is C30H31N3O3. The van der Waals surface area contributed by atoms with Gasteiger partial charge in [-0.25, -0.2) is 4.90 Å². The fraction of sp³-hybridized carbons (Fsp3) is 0.333. The molecule has 6 heteroatoms. The van der Waals surface area contributed by atoms with Gasteiger partial charge in [0.15, 0.2) is 0 Å². The van der Waals surface area contributed by atoms with Crippen molar-refractivity contribution < 1.29 is 14.3 Å². The number of aryl methyl sites for hydroxylation is 1. The number of fused-ring (bicyclic) bond motifs is 1. The van der Waals surface area contributed by atoms with Gasteiger partial charge in [0.2, 0.25) is 5.91 Å². The molecule has 1 aliphatic carbocycles. The zero-order valence-electron chi connectivity index (χ0n) is 20.4. The minimum absolute atomic E-state index is 0.114. The van der Waals surface area contributed by atoms with E-state index in [4.69, 9.17) is 4.74 Å². The number of benzene rings is 3. The molecule has 2 atom stereocenters. The molecule has 0 saturated carbocycles. The van der Waals surface area contributed by atoms with Crippen LogP contribution in [0.3, 0.4) is 0 Å². The SMILES string of the molecule is O=C1CC(N2CCN(C3CCc4ccccc4C3)CC2)C(=O)N1c1ccc(Oc2ccccc2)cc1. The van der Waals surface area contributed by atoms with Crippen LogP contribution in [-0.4, -0.2) is 59.9 Å². The summed E-state index contributed by atoms with van der Waals surface area (Å²) < 4.78 is 5.84. The summed E-state index contributed by atoms with van der Waals surface area (Å²) in [4.78, 5) is 32.3. The van der Waals surface area contributed by atoms with Gasteiger partial charge in [-0.05, 0) is 66.8 Å². The predicted octanol–water partition coefficient (Wildman–Crippen LogP) is 4.29. The number of rotatable bonds is 5. The standard InChI is InChI=1S/C30H31N3O3/c34-29-21-28(30(35)33(29)24-12-14-27(15-13-24)36-26-8-2-1-3-9-26)32-18-16-31(17-19-32)25-11-10-22-6-4-5-7-23(22)20-25/h1-9,12-15,25,28H,10-11,16-21H2. The summed E-state index contributed by atoms with van der Waals surface area (Å²) in [5.41, 5.74) is 3.57. The fourth-order valence-corrected chi connectivity index (χ4v) is 5.86. The lowest BCUT2D eigenvalue weighted by atomic mass is 9.87. The van der Waals surface area contributed by atoms with Crippen molar-refractivity contribution in [2.45, 2.75) is 37.8 Å². The van der Waals surface area contributed by atoms with Crippen molar-refractivity contribution in [1.82, 2.24) is 9.80 Å². The average Bonchev–Trinajstić information content (AvgIpc) is 3.23. The van der Waals surface area contributed by atoms with Gasteiger partial charge in [-0.3, -0.25) is 19.4 Å². The highest BCUT2D eigenvalue weighted by Crippen LogP contribution is 2.30. The van der Waals surface area contributed by atoms with Gasteiger partial charge in [-0.15, -0.1) is 0 Å². The molecule has 6 nitrogen and oxygen atoms in total. The lowest BCUT2D eigenvalue weighted by Crippen LogP contribution is -2.55. The van der Waals surface area contributed by atoms with E-state index in [1.807, 2.05) is 30.3 Å². The smallest absolute Gasteiger partial charge is 0.251 e. The summed E-state index contributed by atoms with van der Waals surface area (Å²) in [5, 5.41) is 0. The number of amides is 2. The summed E-state index contributed by atoms with van der Waals surface area (Å²) >= 11 is 0. The number of carbonyl (C=O) groups is 2. The number of hydrogen-bond acceptors (Lipinski definition) is 5. The van der Waals surface area contributed by atoms with Crippen molar-refractivity contribution >= 4 is 17.5 Å². The second-order valence-corrected chi connectivity index (χ2v) is 9.93. The molecule has 36 heavy (non-hydrogen) atoms. The van der Waals surface area contributed by atoms with Gasteiger partial charge in [0.25, 0.3) is 5.91 Å². The molecule has 2 unspecified atom stereocenters. The number of nitrogens with zero attached hydrogens (tertiary/aromatic N) is 3. The van der Waals surface area contributed by atoms with Crippen molar-refractivity contribution in [2.75, 3.05) is 31.1 Å². The van der Waals surface area contributed by atoms with Crippen molar-refractivity contribution in [3.63, 3.8) is 0 Å². The van der Waals surface area contributed by atoms with Gasteiger partial charge >= 0.3 is 0 Å². The van der Waals surface area contributed by atoms with E-state index in [1.54, 1.807) is 24.3 Å². The van der Waals surface area contributed by atoms with Crippen LogP contribution in [0.25, 0.3) is 0 Å². The maximum Gasteiger partial charge on any atom is 0.251 e. The Morgan fingerprint density at radius 2 is 1.31 bits per heavy atom. The Hall–Kier alpha value is -3.48. The third-order valence-electron chi connectivity index (χ3n) is 7.82. The van der Waals surface area contributed by atoms with Gasteiger partial charge in [0.1, 0.15) is 11.5 Å². The summed E-state index contributed by atoms with van der Waals surface area (Å²) in [6.07, 6.45) is 3.68. The van der Waals surface area contributed by atoms with Crippen LogP contribution in [0.4, 0.5) is 5.69 Å². The van der Waals surface area contributed by atoms with E-state index in [1.165, 1.54) is 22.4 Å². The topological polar surface area (TPSA) is 53.1 Å². The second-order valence-electron chi connectivity index (χ2n) is 9.93. The Morgan fingerprint density at radius 3 is 2.06 bits per heavy atom. The number of imide groups is 1. The first-order valence-electron chi connectivity index (χ1n) is 12.9. The molecule has 3 aromatic carbocycles. The minimum Gasteiger partial charge on any atom is -0.457 e. The Kier molecular flexibility index (Phi) is 6.30. The molecular weight excluding hydrogens is 450 g/mol. The maximum absolute atomic E-state index is 13.3. The van der Waals surface area contributed by atoms with Crippen molar-refractivity contribution in [3.05, 3.63) is 90.0 Å². The van der Waals surface area contributed by atoms with E-state index in [-0.39, 0.29) is 24.3 Å². The summed E-state index contributed by atoms with van der Waals surface area (Å²) in [7, 11) is 0. The molecule has 2 heterocycles. The Morgan fingerprint density at radius 1 is 0.667 bits per heavy atom. The molecule has 2 saturated heterocycles. The molecule has 2 amide bonds. The van der Waals surface area contributed by atoms with E-state index < -0.39 is 0 Å². The first-order chi connectivity index (χ1) is 17.7. The van der Waals surface area contributed by atoms with Gasteiger partial charge in [0, 0.05) is 32.2 Å². The number of ether oxygens (including phenoxy) is 1. The van der Waals surface area contributed by atoms with Crippen LogP contribution in [0.15, 0.2) is 78.9 Å². The third kappa shape index (κ3) is 4.54. The lowest BCUT2D eigenvalue weighted by Gasteiger charge is -2.42. The molecule has 3 aliphatic rings. The van der Waals surface area contributed by atoms with E-state index in [0.29, 0.717) is 17.5 Å². The van der Waals surface area contributed by atoms with Gasteiger partial charge < -0.3 is 4.74 Å². The first kappa shape index (κ1) is 23.0. The number of anilines is 1. The van der Waals surface area contributed by atoms with Gasteiger partial charge in [0.05, 0.1) is 18.2 Å². The molecule has 6 rings (SSSR count). The predicted molar refractivity (Wildman–Crippen MR) is 139 cm³/mol. The van der Waals surface area contributed by atoms with Crippen LogP contribution < -0.4 is 9.64 Å². The van der Waals surface area contributed by atoms with Crippen molar-refractivity contribution in [2.24, 2.45) is 0 Å². The minimum atomic E-state index is -0.369. The highest BCUT2D eigenvalue weighted by molar-refractivity contribution is 6.22. The number of hydrogen-bond donors (Lipinski definition) is 0. The fourth-order valence-electron chi connectivity index (χ4n) is 5.86. The molecule has 0 N–H and O–H groups in total. The average molecular weight is 482 g/mol. The van der Waals surface area contributed by atoms with E-state index in [2.05, 4.69) is 34.1 Å². The zero-order chi connectivity index (χ0) is 24.5. The molecule has 0 bridgehead atoms. The van der Waals surface area contributed by atoms with Crippen molar-refractivity contribution in [1.29, 1.82) is 0 Å². The van der Waals surface area contributed by atoms with Gasteiger partial charge in [-0.1, -0.05) is 42.5 Å². The number of para-hydroxylation sites is 1. The number of carbonyl (C=O) groups excluding carboxylic acids is 2. The Bertz CT molecular complexity index is 1240. The quantitative estimate of drug-likeness (QED) is 0.509. The normalized spacial score (nSPS) is 23.1. The molecule has 184 valence electrons. The monoisotopic (exact) mass is 481 g/mol. The van der Waals surface area contributed by atoms with Gasteiger partial charge in [-0.2, -0.15) is 0 Å². The molecule has 0 radical (unpaired) electrons. The van der Waals surface area contributed by atoms with Crippen LogP contribution in [0.1, 0.15) is 24.0 Å². The molecule has 0 spiro atoms. The summed E-state index contributed by atoms with van der Waals surface area (Å²) in [6.45, 7) is 3.52. The molecule has 0 aromatic heterocycles. The van der Waals surface area contributed by atoms with Crippen molar-refractivity contribution in [3.8, 4) is 11.5 Å². The summed E-state index contributed by atoms with van der Waals surface area (Å²) in [5.74, 6) is 1.17. The summed E-state index contributed by atoms with van der Waals surface area (Å²) in [6, 6.07) is 25.7. The van der Waals surface area contributed by atoms with Crippen LogP contribution in [0.5, 0.6) is 11.5 Å². The molecule has 3 aromatic rings. The largest absolute Gasteiger partial charge is 0.457 e. The Labute approximate surface area is 212 Å². The van der Waals surface area contributed by atoms with Crippen LogP contribution >= 0.6 is 0 Å². The second kappa shape index (κ2) is 9.88. The highest BCUT2D eigenvalue weighted by Gasteiger charge is 2.43. The van der Waals surface area contributed by atoms with Crippen LogP contribution in [-0.2, 0) is 22.4 Å². The van der Waals surface area contributed by atoms with Crippen LogP contribution in [0, 0.1) is 0 Å². The van der Waals surface area contributed by atoms with E-state index >= 15 is 0 Å². The zero-order valence-corrected chi connectivity index (χ0v) is 20.4. The lowest BCUT2D eigenvalue weighted by molar-refractivity contribution is -0.123. The highest BCUT2D eigenvalue weighted by atomic mass is 16.5. The number of piperazine rings is 1.